The molecule has 0 aromatic heterocycles. The number of allylic oxidation sites excluding steroid dienone is 1. The fourth-order valence-electron chi connectivity index (χ4n) is 2.83. The molecule has 0 spiro atoms. The Bertz CT molecular complexity index is 784. The van der Waals surface area contributed by atoms with Gasteiger partial charge in [-0.25, -0.2) is 9.59 Å². The first-order chi connectivity index (χ1) is 12.7. The van der Waals surface area contributed by atoms with Crippen LogP contribution in [0.5, 0.6) is 11.5 Å². The zero-order valence-electron chi connectivity index (χ0n) is 16.0. The number of ketones is 1. The van der Waals surface area contributed by atoms with E-state index in [1.54, 1.807) is 39.0 Å². The molecular formula is C19H24N2O6. The van der Waals surface area contributed by atoms with E-state index in [1.807, 2.05) is 0 Å². The number of benzene rings is 1. The lowest BCUT2D eigenvalue weighted by molar-refractivity contribution is -0.149. The van der Waals surface area contributed by atoms with Crippen molar-refractivity contribution in [2.45, 2.75) is 39.8 Å². The van der Waals surface area contributed by atoms with Crippen molar-refractivity contribution in [2.24, 2.45) is 0 Å². The number of Topliss-reactive ketones (excluding diaryl/α,β-unsaturated/α-hetero) is 1. The summed E-state index contributed by atoms with van der Waals surface area (Å²) >= 11 is 0. The second-order valence-electron chi connectivity index (χ2n) is 6.36. The van der Waals surface area contributed by atoms with Crippen LogP contribution in [0, 0.1) is 0 Å². The number of amides is 2. The largest absolute Gasteiger partial charge is 0.493 e. The molecule has 27 heavy (non-hydrogen) atoms. The third-order valence-electron chi connectivity index (χ3n) is 3.88. The van der Waals surface area contributed by atoms with Crippen molar-refractivity contribution in [1.82, 2.24) is 10.6 Å². The van der Waals surface area contributed by atoms with Crippen molar-refractivity contribution in [2.75, 3.05) is 13.7 Å². The second-order valence-corrected chi connectivity index (χ2v) is 6.36. The normalized spacial score (nSPS) is 16.5. The fraction of sp³-hybridized carbons (Fsp3) is 0.421. The molecule has 0 bridgehead atoms. The predicted octanol–water partition coefficient (Wildman–Crippen LogP) is 2.24. The fourth-order valence-corrected chi connectivity index (χ4v) is 2.83. The molecule has 1 aliphatic rings. The number of rotatable bonds is 7. The molecule has 8 nitrogen and oxygen atoms in total. The van der Waals surface area contributed by atoms with Crippen LogP contribution in [0.3, 0.4) is 0 Å². The number of carbonyl (C=O) groups excluding carboxylic acids is 3. The molecule has 0 saturated carbocycles. The van der Waals surface area contributed by atoms with E-state index >= 15 is 0 Å². The van der Waals surface area contributed by atoms with Crippen molar-refractivity contribution in [1.29, 1.82) is 0 Å². The van der Waals surface area contributed by atoms with E-state index in [9.17, 15) is 14.4 Å². The Balaban J connectivity index is 2.27. The van der Waals surface area contributed by atoms with Crippen LogP contribution in [0.2, 0.25) is 0 Å². The van der Waals surface area contributed by atoms with Gasteiger partial charge in [-0.1, -0.05) is 6.07 Å². The average Bonchev–Trinajstić information content (AvgIpc) is 2.58. The first-order valence-electron chi connectivity index (χ1n) is 8.52. The third kappa shape index (κ3) is 4.99. The molecule has 0 fully saturated rings. The number of carbonyl (C=O) groups is 3. The zero-order chi connectivity index (χ0) is 20.1. The van der Waals surface area contributed by atoms with Crippen LogP contribution in [0.25, 0.3) is 0 Å². The standard InChI is InChI=1S/C19H24N2O6/c1-10(2)27-16(23)9-26-14-7-6-13(8-15(14)25-5)18-17(12(4)22)11(3)20-19(24)21-18/h6-8,10,18H,9H2,1-5H3,(H2,20,21,24)/t18-/m1/s1. The van der Waals surface area contributed by atoms with Gasteiger partial charge in [-0.15, -0.1) is 0 Å². The van der Waals surface area contributed by atoms with Crippen LogP contribution < -0.4 is 20.1 Å². The highest BCUT2D eigenvalue weighted by Crippen LogP contribution is 2.34. The van der Waals surface area contributed by atoms with E-state index < -0.39 is 18.0 Å². The van der Waals surface area contributed by atoms with Crippen LogP contribution in [0.1, 0.15) is 39.3 Å². The Labute approximate surface area is 157 Å². The molecule has 0 saturated heterocycles. The Hall–Kier alpha value is -3.03. The Morgan fingerprint density at radius 3 is 2.52 bits per heavy atom. The Morgan fingerprint density at radius 1 is 1.22 bits per heavy atom. The summed E-state index contributed by atoms with van der Waals surface area (Å²) in [5, 5.41) is 5.34. The van der Waals surface area contributed by atoms with Crippen LogP contribution >= 0.6 is 0 Å². The van der Waals surface area contributed by atoms with E-state index in [0.29, 0.717) is 28.3 Å². The van der Waals surface area contributed by atoms with E-state index in [0.717, 1.165) is 0 Å². The summed E-state index contributed by atoms with van der Waals surface area (Å²) in [6.07, 6.45) is -0.228. The highest BCUT2D eigenvalue weighted by molar-refractivity contribution is 5.98. The quantitative estimate of drug-likeness (QED) is 0.708. The number of urea groups is 1. The molecular weight excluding hydrogens is 352 g/mol. The van der Waals surface area contributed by atoms with Crippen LogP contribution in [-0.4, -0.2) is 37.6 Å². The van der Waals surface area contributed by atoms with Gasteiger partial charge in [0, 0.05) is 11.3 Å². The molecule has 1 heterocycles. The van der Waals surface area contributed by atoms with Gasteiger partial charge in [-0.3, -0.25) is 4.79 Å². The molecule has 1 aromatic rings. The summed E-state index contributed by atoms with van der Waals surface area (Å²) in [6, 6.07) is 3.99. The summed E-state index contributed by atoms with van der Waals surface area (Å²) in [4.78, 5) is 35.5. The van der Waals surface area contributed by atoms with Crippen LogP contribution in [-0.2, 0) is 14.3 Å². The smallest absolute Gasteiger partial charge is 0.344 e. The first-order valence-corrected chi connectivity index (χ1v) is 8.52. The van der Waals surface area contributed by atoms with E-state index in [2.05, 4.69) is 10.6 Å². The lowest BCUT2D eigenvalue weighted by atomic mass is 9.93. The van der Waals surface area contributed by atoms with Gasteiger partial charge in [0.25, 0.3) is 0 Å². The molecule has 0 aliphatic carbocycles. The molecule has 8 heteroatoms. The average molecular weight is 376 g/mol. The van der Waals surface area contributed by atoms with Gasteiger partial charge >= 0.3 is 12.0 Å². The summed E-state index contributed by atoms with van der Waals surface area (Å²) in [5.41, 5.74) is 1.63. The highest BCUT2D eigenvalue weighted by Gasteiger charge is 2.29. The maximum absolute atomic E-state index is 12.0. The monoisotopic (exact) mass is 376 g/mol. The number of methoxy groups -OCH3 is 1. The minimum Gasteiger partial charge on any atom is -0.493 e. The molecule has 0 unspecified atom stereocenters. The number of hydrogen-bond donors (Lipinski definition) is 2. The highest BCUT2D eigenvalue weighted by atomic mass is 16.6. The SMILES string of the molecule is COc1cc([C@H]2NC(=O)NC(C)=C2C(C)=O)ccc1OCC(=O)OC(C)C. The maximum Gasteiger partial charge on any atom is 0.344 e. The second kappa shape index (κ2) is 8.57. The third-order valence-corrected chi connectivity index (χ3v) is 3.88. The number of hydrogen-bond acceptors (Lipinski definition) is 6. The summed E-state index contributed by atoms with van der Waals surface area (Å²) in [6.45, 7) is 6.37. The number of nitrogens with one attached hydrogen (secondary N) is 2. The van der Waals surface area contributed by atoms with Gasteiger partial charge < -0.3 is 24.8 Å². The Morgan fingerprint density at radius 2 is 1.93 bits per heavy atom. The van der Waals surface area contributed by atoms with Gasteiger partial charge in [0.1, 0.15) is 0 Å². The van der Waals surface area contributed by atoms with Crippen molar-refractivity contribution >= 4 is 17.8 Å². The van der Waals surface area contributed by atoms with Gasteiger partial charge in [0.05, 0.1) is 19.3 Å². The van der Waals surface area contributed by atoms with Crippen molar-refractivity contribution in [3.63, 3.8) is 0 Å². The zero-order valence-corrected chi connectivity index (χ0v) is 16.0. The molecule has 1 atom stereocenters. The van der Waals surface area contributed by atoms with Crippen LogP contribution in [0.15, 0.2) is 29.5 Å². The summed E-state index contributed by atoms with van der Waals surface area (Å²) in [5.74, 6) is 0.0883. The van der Waals surface area contributed by atoms with E-state index in [-0.39, 0.29) is 18.5 Å². The van der Waals surface area contributed by atoms with Crippen molar-refractivity contribution in [3.05, 3.63) is 35.0 Å². The van der Waals surface area contributed by atoms with Gasteiger partial charge in [0.15, 0.2) is 23.9 Å². The van der Waals surface area contributed by atoms with Crippen LogP contribution in [0.4, 0.5) is 4.79 Å². The van der Waals surface area contributed by atoms with E-state index in [1.165, 1.54) is 14.0 Å². The number of esters is 1. The predicted molar refractivity (Wildman–Crippen MR) is 97.5 cm³/mol. The lowest BCUT2D eigenvalue weighted by Crippen LogP contribution is -2.44. The minimum atomic E-state index is -0.606. The Kier molecular flexibility index (Phi) is 6.44. The molecule has 2 N–H and O–H groups in total. The van der Waals surface area contributed by atoms with Crippen molar-refractivity contribution < 1.29 is 28.6 Å². The molecule has 1 aliphatic heterocycles. The lowest BCUT2D eigenvalue weighted by Gasteiger charge is -2.28. The van der Waals surface area contributed by atoms with Gasteiger partial charge in [-0.05, 0) is 45.4 Å². The maximum atomic E-state index is 12.0. The number of ether oxygens (including phenoxy) is 3. The van der Waals surface area contributed by atoms with Gasteiger partial charge in [-0.2, -0.15) is 0 Å². The minimum absolute atomic E-state index is 0.152. The first kappa shape index (κ1) is 20.3. The summed E-state index contributed by atoms with van der Waals surface area (Å²) < 4.78 is 15.8. The summed E-state index contributed by atoms with van der Waals surface area (Å²) in [7, 11) is 1.46. The molecule has 0 radical (unpaired) electrons. The molecule has 2 rings (SSSR count). The molecule has 2 amide bonds. The van der Waals surface area contributed by atoms with E-state index in [4.69, 9.17) is 14.2 Å². The molecule has 146 valence electrons. The molecule has 1 aromatic carbocycles. The topological polar surface area (TPSA) is 103 Å². The van der Waals surface area contributed by atoms with Crippen molar-refractivity contribution in [3.8, 4) is 11.5 Å². The van der Waals surface area contributed by atoms with Gasteiger partial charge in [0.2, 0.25) is 0 Å².